The molecular weight excluding hydrogens is 396 g/mol. The topological polar surface area (TPSA) is 94.2 Å². The fourth-order valence-electron chi connectivity index (χ4n) is 2.05. The van der Waals surface area contributed by atoms with Crippen molar-refractivity contribution in [3.8, 4) is 11.3 Å². The highest BCUT2D eigenvalue weighted by Crippen LogP contribution is 2.34. The van der Waals surface area contributed by atoms with Crippen molar-refractivity contribution in [3.63, 3.8) is 0 Å². The van der Waals surface area contributed by atoms with Gasteiger partial charge in [-0.25, -0.2) is 4.98 Å². The van der Waals surface area contributed by atoms with Crippen molar-refractivity contribution in [2.75, 3.05) is 18.9 Å². The highest BCUT2D eigenvalue weighted by Gasteiger charge is 2.27. The lowest BCUT2D eigenvalue weighted by molar-refractivity contribution is -0.179. The molecule has 1 atom stereocenters. The molecule has 0 bridgehead atoms. The molecule has 11 heteroatoms. The van der Waals surface area contributed by atoms with Crippen molar-refractivity contribution in [2.45, 2.75) is 25.1 Å². The molecule has 0 saturated heterocycles. The summed E-state index contributed by atoms with van der Waals surface area (Å²) in [6.45, 7) is -1.86. The predicted octanol–water partition coefficient (Wildman–Crippen LogP) is 3.30. The molecule has 0 spiro atoms. The van der Waals surface area contributed by atoms with Gasteiger partial charge < -0.3 is 15.6 Å². The number of anilines is 1. The summed E-state index contributed by atoms with van der Waals surface area (Å²) in [5.74, 6) is 0.307. The number of aliphatic hydroxyl groups is 1. The predicted molar refractivity (Wildman–Crippen MR) is 90.9 cm³/mol. The zero-order valence-electron chi connectivity index (χ0n) is 13.3. The number of halogens is 5. The third-order valence-corrected chi connectivity index (χ3v) is 4.06. The standard InChI is InChI=1S/C15H15Cl2F3N4O2/c16-10-3-1-2-9(12(10)17)13-14(21)22-11(23-24-13)5-4-8(25)6-26-7-15(18,19)20/h1-3,8,25H,4-7H2,(H2,21,22,23)/t8-/m0/s1. The Balaban J connectivity index is 1.96. The second-order valence-electron chi connectivity index (χ2n) is 5.39. The molecule has 2 aromatic rings. The maximum atomic E-state index is 12.0. The quantitative estimate of drug-likeness (QED) is 0.726. The number of nitrogens with zero attached hydrogens (tertiary/aromatic N) is 3. The first kappa shape index (κ1) is 20.6. The van der Waals surface area contributed by atoms with Crippen molar-refractivity contribution in [1.29, 1.82) is 0 Å². The van der Waals surface area contributed by atoms with Crippen LogP contribution in [-0.2, 0) is 11.2 Å². The lowest BCUT2D eigenvalue weighted by atomic mass is 10.1. The smallest absolute Gasteiger partial charge is 0.391 e. The van der Waals surface area contributed by atoms with E-state index in [1.54, 1.807) is 18.2 Å². The third-order valence-electron chi connectivity index (χ3n) is 3.24. The van der Waals surface area contributed by atoms with Gasteiger partial charge in [-0.2, -0.15) is 13.2 Å². The molecule has 0 aliphatic rings. The van der Waals surface area contributed by atoms with Gasteiger partial charge in [-0.1, -0.05) is 35.3 Å². The summed E-state index contributed by atoms with van der Waals surface area (Å²) in [6, 6.07) is 4.95. The van der Waals surface area contributed by atoms with Crippen molar-refractivity contribution in [1.82, 2.24) is 15.2 Å². The van der Waals surface area contributed by atoms with E-state index in [4.69, 9.17) is 28.9 Å². The van der Waals surface area contributed by atoms with Gasteiger partial charge in [0.2, 0.25) is 0 Å². The van der Waals surface area contributed by atoms with Gasteiger partial charge in [0.1, 0.15) is 12.3 Å². The number of aromatic nitrogens is 3. The number of nitrogen functional groups attached to an aromatic ring is 1. The molecule has 6 nitrogen and oxygen atoms in total. The number of ether oxygens (including phenoxy) is 1. The molecule has 26 heavy (non-hydrogen) atoms. The van der Waals surface area contributed by atoms with Gasteiger partial charge in [-0.05, 0) is 12.5 Å². The number of aryl methyl sites for hydroxylation is 1. The molecule has 0 aliphatic carbocycles. The second-order valence-corrected chi connectivity index (χ2v) is 6.17. The van der Waals surface area contributed by atoms with Crippen LogP contribution < -0.4 is 5.73 Å². The number of aliphatic hydroxyl groups excluding tert-OH is 1. The largest absolute Gasteiger partial charge is 0.411 e. The highest BCUT2D eigenvalue weighted by atomic mass is 35.5. The van der Waals surface area contributed by atoms with Gasteiger partial charge in [0.15, 0.2) is 11.6 Å². The van der Waals surface area contributed by atoms with Crippen molar-refractivity contribution in [2.24, 2.45) is 0 Å². The van der Waals surface area contributed by atoms with Gasteiger partial charge in [0, 0.05) is 12.0 Å². The van der Waals surface area contributed by atoms with Crippen LogP contribution in [0.2, 0.25) is 10.0 Å². The zero-order chi connectivity index (χ0) is 19.3. The first-order chi connectivity index (χ1) is 12.2. The zero-order valence-corrected chi connectivity index (χ0v) is 14.8. The van der Waals surface area contributed by atoms with Crippen LogP contribution in [-0.4, -0.2) is 45.8 Å². The molecule has 0 aliphatic heterocycles. The summed E-state index contributed by atoms with van der Waals surface area (Å²) in [5, 5.41) is 18.1. The van der Waals surface area contributed by atoms with Gasteiger partial charge in [-0.15, -0.1) is 10.2 Å². The molecule has 0 fully saturated rings. The normalized spacial score (nSPS) is 13.0. The average Bonchev–Trinajstić information content (AvgIpc) is 2.55. The van der Waals surface area contributed by atoms with Gasteiger partial charge in [-0.3, -0.25) is 0 Å². The van der Waals surface area contributed by atoms with E-state index in [2.05, 4.69) is 19.9 Å². The molecule has 3 N–H and O–H groups in total. The Morgan fingerprint density at radius 1 is 1.23 bits per heavy atom. The molecule has 1 aromatic carbocycles. The molecule has 0 unspecified atom stereocenters. The molecule has 2 rings (SSSR count). The fourth-order valence-corrected chi connectivity index (χ4v) is 2.44. The van der Waals surface area contributed by atoms with Crippen molar-refractivity contribution in [3.05, 3.63) is 34.1 Å². The third kappa shape index (κ3) is 5.94. The van der Waals surface area contributed by atoms with Gasteiger partial charge >= 0.3 is 6.18 Å². The van der Waals surface area contributed by atoms with E-state index < -0.39 is 25.5 Å². The average molecular weight is 411 g/mol. The summed E-state index contributed by atoms with van der Waals surface area (Å²) in [4.78, 5) is 4.08. The Kier molecular flexibility index (Phi) is 6.99. The SMILES string of the molecule is Nc1nc(CC[C@H](O)COCC(F)(F)F)nnc1-c1cccc(Cl)c1Cl. The van der Waals surface area contributed by atoms with Gasteiger partial charge in [0.25, 0.3) is 0 Å². The van der Waals surface area contributed by atoms with E-state index >= 15 is 0 Å². The van der Waals surface area contributed by atoms with Crippen LogP contribution in [0, 0.1) is 0 Å². The Morgan fingerprint density at radius 3 is 2.62 bits per heavy atom. The summed E-state index contributed by atoms with van der Waals surface area (Å²) >= 11 is 12.1. The first-order valence-corrected chi connectivity index (χ1v) is 8.19. The lowest BCUT2D eigenvalue weighted by Gasteiger charge is -2.12. The Hall–Kier alpha value is -1.68. The molecular formula is C15H15Cl2F3N4O2. The van der Waals surface area contributed by atoms with Gasteiger partial charge in [0.05, 0.1) is 22.8 Å². The minimum absolute atomic E-state index is 0.0713. The molecule has 142 valence electrons. The Bertz CT molecular complexity index is 762. The number of hydrogen-bond acceptors (Lipinski definition) is 6. The fraction of sp³-hybridized carbons (Fsp3) is 0.400. The summed E-state index contributed by atoms with van der Waals surface area (Å²) in [6.07, 6.45) is -5.27. The van der Waals surface area contributed by atoms with Crippen molar-refractivity contribution >= 4 is 29.0 Å². The van der Waals surface area contributed by atoms with E-state index in [-0.39, 0.29) is 35.2 Å². The number of rotatable bonds is 7. The Labute approximate surface area is 157 Å². The molecule has 1 heterocycles. The highest BCUT2D eigenvalue weighted by molar-refractivity contribution is 6.43. The van der Waals surface area contributed by atoms with Crippen LogP contribution in [0.5, 0.6) is 0 Å². The van der Waals surface area contributed by atoms with Crippen LogP contribution in [0.1, 0.15) is 12.2 Å². The number of nitrogens with two attached hydrogens (primary N) is 1. The minimum atomic E-state index is -4.43. The van der Waals surface area contributed by atoms with Crippen LogP contribution in [0.4, 0.5) is 19.0 Å². The summed E-state index contributed by atoms with van der Waals surface area (Å²) in [5.41, 5.74) is 6.61. The van der Waals surface area contributed by atoms with Crippen LogP contribution in [0.15, 0.2) is 18.2 Å². The van der Waals surface area contributed by atoms with E-state index in [1.807, 2.05) is 0 Å². The monoisotopic (exact) mass is 410 g/mol. The molecule has 0 radical (unpaired) electrons. The van der Waals surface area contributed by atoms with E-state index in [0.29, 0.717) is 10.6 Å². The summed E-state index contributed by atoms with van der Waals surface area (Å²) in [7, 11) is 0. The van der Waals surface area contributed by atoms with E-state index in [1.165, 1.54) is 0 Å². The van der Waals surface area contributed by atoms with Crippen LogP contribution in [0.25, 0.3) is 11.3 Å². The number of hydrogen-bond donors (Lipinski definition) is 2. The molecule has 0 saturated carbocycles. The molecule has 0 amide bonds. The van der Waals surface area contributed by atoms with E-state index in [9.17, 15) is 18.3 Å². The Morgan fingerprint density at radius 2 is 1.96 bits per heavy atom. The maximum absolute atomic E-state index is 12.0. The number of benzene rings is 1. The maximum Gasteiger partial charge on any atom is 0.411 e. The van der Waals surface area contributed by atoms with Crippen LogP contribution in [0.3, 0.4) is 0 Å². The van der Waals surface area contributed by atoms with Crippen LogP contribution >= 0.6 is 23.2 Å². The lowest BCUT2D eigenvalue weighted by Crippen LogP contribution is -2.23. The molecule has 1 aromatic heterocycles. The van der Waals surface area contributed by atoms with Crippen molar-refractivity contribution < 1.29 is 23.0 Å². The second kappa shape index (κ2) is 8.81. The number of alkyl halides is 3. The summed E-state index contributed by atoms with van der Waals surface area (Å²) < 4.78 is 40.3. The first-order valence-electron chi connectivity index (χ1n) is 7.43. The van der Waals surface area contributed by atoms with E-state index in [0.717, 1.165) is 0 Å². The minimum Gasteiger partial charge on any atom is -0.391 e.